The van der Waals surface area contributed by atoms with Crippen molar-refractivity contribution in [3.05, 3.63) is 108 Å². The molecule has 0 aliphatic rings. The summed E-state index contributed by atoms with van der Waals surface area (Å²) in [6.45, 7) is 0.984. The van der Waals surface area contributed by atoms with Crippen LogP contribution in [0.15, 0.2) is 91.0 Å². The number of ether oxygens (including phenoxy) is 1. The highest BCUT2D eigenvalue weighted by molar-refractivity contribution is 5.96. The van der Waals surface area contributed by atoms with Crippen molar-refractivity contribution >= 4 is 27.7 Å². The maximum atomic E-state index is 12.8. The highest BCUT2D eigenvalue weighted by Crippen LogP contribution is 2.23. The lowest BCUT2D eigenvalue weighted by Crippen LogP contribution is -2.25. The first-order chi connectivity index (χ1) is 15.7. The van der Waals surface area contributed by atoms with E-state index in [2.05, 4.69) is 58.4 Å². The van der Waals surface area contributed by atoms with Crippen molar-refractivity contribution in [1.29, 1.82) is 0 Å². The van der Waals surface area contributed by atoms with Gasteiger partial charge in [0.05, 0.1) is 36.8 Å². The summed E-state index contributed by atoms with van der Waals surface area (Å²) in [7, 11) is 1.57. The number of fused-ring (bicyclic) bond motifs is 2. The van der Waals surface area contributed by atoms with E-state index in [1.165, 1.54) is 16.3 Å². The summed E-state index contributed by atoms with van der Waals surface area (Å²) in [6.07, 6.45) is 0. The van der Waals surface area contributed by atoms with Crippen LogP contribution in [0.5, 0.6) is 5.75 Å². The minimum Gasteiger partial charge on any atom is -0.496 e. The molecular formula is C27H23N3O2. The average molecular weight is 422 g/mol. The lowest BCUT2D eigenvalue weighted by Gasteiger charge is -2.13. The van der Waals surface area contributed by atoms with Crippen molar-refractivity contribution in [3.63, 3.8) is 0 Å². The van der Waals surface area contributed by atoms with E-state index in [9.17, 15) is 4.79 Å². The number of imidazole rings is 1. The molecule has 5 aromatic rings. The Balaban J connectivity index is 1.49. The van der Waals surface area contributed by atoms with Crippen LogP contribution in [0.2, 0.25) is 0 Å². The Hall–Kier alpha value is -4.12. The third-order valence-corrected chi connectivity index (χ3v) is 5.70. The fraction of sp³-hybridized carbons (Fsp3) is 0.111. The summed E-state index contributed by atoms with van der Waals surface area (Å²) >= 11 is 0. The summed E-state index contributed by atoms with van der Waals surface area (Å²) in [5.74, 6) is 1.17. The van der Waals surface area contributed by atoms with Crippen LogP contribution >= 0.6 is 0 Å². The maximum Gasteiger partial charge on any atom is 0.255 e. The fourth-order valence-corrected chi connectivity index (χ4v) is 4.12. The van der Waals surface area contributed by atoms with E-state index in [1.54, 1.807) is 19.2 Å². The molecule has 0 spiro atoms. The summed E-state index contributed by atoms with van der Waals surface area (Å²) in [5.41, 5.74) is 3.67. The minimum absolute atomic E-state index is 0.189. The number of nitrogens with zero attached hydrogens (tertiary/aromatic N) is 2. The van der Waals surface area contributed by atoms with Gasteiger partial charge in [0.1, 0.15) is 11.6 Å². The van der Waals surface area contributed by atoms with E-state index >= 15 is 0 Å². The van der Waals surface area contributed by atoms with Crippen molar-refractivity contribution in [3.8, 4) is 5.75 Å². The monoisotopic (exact) mass is 421 g/mol. The third kappa shape index (κ3) is 3.69. The molecule has 0 saturated carbocycles. The second-order valence-electron chi connectivity index (χ2n) is 7.62. The third-order valence-electron chi connectivity index (χ3n) is 5.70. The van der Waals surface area contributed by atoms with Crippen LogP contribution in [0.4, 0.5) is 0 Å². The molecule has 0 atom stereocenters. The summed E-state index contributed by atoms with van der Waals surface area (Å²) in [5, 5.41) is 5.44. The molecule has 5 rings (SSSR count). The zero-order chi connectivity index (χ0) is 21.9. The Kier molecular flexibility index (Phi) is 5.30. The molecule has 1 amide bonds. The zero-order valence-corrected chi connectivity index (χ0v) is 17.8. The predicted octanol–water partition coefficient (Wildman–Crippen LogP) is 5.18. The predicted molar refractivity (Wildman–Crippen MR) is 127 cm³/mol. The molecule has 158 valence electrons. The normalized spacial score (nSPS) is 11.0. The number of hydrogen-bond donors (Lipinski definition) is 1. The Morgan fingerprint density at radius 3 is 2.56 bits per heavy atom. The van der Waals surface area contributed by atoms with Gasteiger partial charge in [-0.15, -0.1) is 0 Å². The first-order valence-electron chi connectivity index (χ1n) is 10.6. The first-order valence-corrected chi connectivity index (χ1v) is 10.6. The second-order valence-corrected chi connectivity index (χ2v) is 7.62. The second kappa shape index (κ2) is 8.55. The van der Waals surface area contributed by atoms with Gasteiger partial charge in [-0.2, -0.15) is 0 Å². The van der Waals surface area contributed by atoms with E-state index in [-0.39, 0.29) is 5.91 Å². The van der Waals surface area contributed by atoms with Gasteiger partial charge in [0.2, 0.25) is 0 Å². The molecule has 1 N–H and O–H groups in total. The molecule has 0 aliphatic heterocycles. The lowest BCUT2D eigenvalue weighted by atomic mass is 10.0. The van der Waals surface area contributed by atoms with Gasteiger partial charge in [-0.1, -0.05) is 66.7 Å². The molecule has 32 heavy (non-hydrogen) atoms. The van der Waals surface area contributed by atoms with Gasteiger partial charge in [0.15, 0.2) is 0 Å². The minimum atomic E-state index is -0.189. The van der Waals surface area contributed by atoms with Crippen LogP contribution in [0.1, 0.15) is 21.7 Å². The SMILES string of the molecule is COc1ccccc1C(=O)NCc1nc2ccccc2n1Cc1cccc2ccccc12. The van der Waals surface area contributed by atoms with Crippen molar-refractivity contribution in [1.82, 2.24) is 14.9 Å². The largest absolute Gasteiger partial charge is 0.496 e. The molecule has 5 heteroatoms. The van der Waals surface area contributed by atoms with Crippen LogP contribution in [0.25, 0.3) is 21.8 Å². The van der Waals surface area contributed by atoms with E-state index in [4.69, 9.17) is 9.72 Å². The Morgan fingerprint density at radius 2 is 1.66 bits per heavy atom. The standard InChI is InChI=1S/C27H23N3O2/c1-32-25-16-7-4-13-22(25)27(31)28-17-26-29-23-14-5-6-15-24(23)30(26)18-20-11-8-10-19-9-2-3-12-21(19)20/h2-16H,17-18H2,1H3,(H,28,31). The van der Waals surface area contributed by atoms with E-state index < -0.39 is 0 Å². The molecule has 1 aromatic heterocycles. The van der Waals surface area contributed by atoms with Crippen molar-refractivity contribution < 1.29 is 9.53 Å². The first kappa shape index (κ1) is 19.8. The Labute approximate surface area is 186 Å². The molecule has 1 heterocycles. The maximum absolute atomic E-state index is 12.8. The van der Waals surface area contributed by atoms with Crippen LogP contribution in [-0.4, -0.2) is 22.6 Å². The number of nitrogens with one attached hydrogen (secondary N) is 1. The quantitative estimate of drug-likeness (QED) is 0.411. The lowest BCUT2D eigenvalue weighted by molar-refractivity contribution is 0.0946. The number of benzene rings is 4. The van der Waals surface area contributed by atoms with Crippen molar-refractivity contribution in [2.24, 2.45) is 0 Å². The molecule has 0 radical (unpaired) electrons. The van der Waals surface area contributed by atoms with E-state index in [1.807, 2.05) is 30.3 Å². The molecule has 5 nitrogen and oxygen atoms in total. The summed E-state index contributed by atoms with van der Waals surface area (Å²) < 4.78 is 7.51. The summed E-state index contributed by atoms with van der Waals surface area (Å²) in [6, 6.07) is 30.0. The smallest absolute Gasteiger partial charge is 0.255 e. The number of methoxy groups -OCH3 is 1. The van der Waals surface area contributed by atoms with Crippen LogP contribution in [0, 0.1) is 0 Å². The molecule has 0 unspecified atom stereocenters. The van der Waals surface area contributed by atoms with Gasteiger partial charge in [-0.05, 0) is 40.6 Å². The molecule has 0 aliphatic carbocycles. The van der Waals surface area contributed by atoms with Crippen LogP contribution in [-0.2, 0) is 13.1 Å². The molecule has 0 saturated heterocycles. The van der Waals surface area contributed by atoms with Crippen molar-refractivity contribution in [2.45, 2.75) is 13.1 Å². The highest BCUT2D eigenvalue weighted by atomic mass is 16.5. The molecule has 0 bridgehead atoms. The van der Waals surface area contributed by atoms with E-state index in [0.717, 1.165) is 16.9 Å². The van der Waals surface area contributed by atoms with Gasteiger partial charge in [0, 0.05) is 0 Å². The van der Waals surface area contributed by atoms with Crippen LogP contribution < -0.4 is 10.1 Å². The molecule has 0 fully saturated rings. The number of carbonyl (C=O) groups is 1. The number of carbonyl (C=O) groups excluding carboxylic acids is 1. The van der Waals surface area contributed by atoms with Gasteiger partial charge in [-0.25, -0.2) is 4.98 Å². The number of para-hydroxylation sites is 3. The van der Waals surface area contributed by atoms with Gasteiger partial charge in [-0.3, -0.25) is 4.79 Å². The Morgan fingerprint density at radius 1 is 0.906 bits per heavy atom. The number of hydrogen-bond acceptors (Lipinski definition) is 3. The van der Waals surface area contributed by atoms with Gasteiger partial charge >= 0.3 is 0 Å². The number of amides is 1. The van der Waals surface area contributed by atoms with Gasteiger partial charge in [0.25, 0.3) is 5.91 Å². The highest BCUT2D eigenvalue weighted by Gasteiger charge is 2.15. The Bertz CT molecular complexity index is 1420. The average Bonchev–Trinajstić information content (AvgIpc) is 3.20. The molecular weight excluding hydrogens is 398 g/mol. The van der Waals surface area contributed by atoms with Crippen LogP contribution in [0.3, 0.4) is 0 Å². The number of aromatic nitrogens is 2. The summed E-state index contributed by atoms with van der Waals surface area (Å²) in [4.78, 5) is 17.6. The molecule has 4 aromatic carbocycles. The van der Waals surface area contributed by atoms with Gasteiger partial charge < -0.3 is 14.6 Å². The zero-order valence-electron chi connectivity index (χ0n) is 17.8. The van der Waals surface area contributed by atoms with Crippen molar-refractivity contribution in [2.75, 3.05) is 7.11 Å². The number of rotatable bonds is 6. The fourth-order valence-electron chi connectivity index (χ4n) is 4.12. The van der Waals surface area contributed by atoms with E-state index in [0.29, 0.717) is 24.4 Å². The topological polar surface area (TPSA) is 56.1 Å².